The van der Waals surface area contributed by atoms with E-state index in [1.54, 1.807) is 0 Å². The van der Waals surface area contributed by atoms with Gasteiger partial charge in [-0.25, -0.2) is 0 Å². The molecule has 0 aromatic heterocycles. The minimum atomic E-state index is -0.390. The fraction of sp³-hybridized carbons (Fsp3) is 0.875. The van der Waals surface area contributed by atoms with Gasteiger partial charge in [0.25, 0.3) is 0 Å². The van der Waals surface area contributed by atoms with E-state index in [4.69, 9.17) is 10.5 Å². The number of rotatable bonds is 3. The summed E-state index contributed by atoms with van der Waals surface area (Å²) in [6, 6.07) is 0. The maximum absolute atomic E-state index is 10.4. The zero-order valence-corrected chi connectivity index (χ0v) is 7.21. The fourth-order valence-corrected chi connectivity index (χ4v) is 1.33. The monoisotopic (exact) mass is 172 g/mol. The number of ether oxygens (including phenoxy) is 1. The van der Waals surface area contributed by atoms with Crippen molar-refractivity contribution < 1.29 is 9.53 Å². The second kappa shape index (κ2) is 5.11. The minimum absolute atomic E-state index is 0.0480. The summed E-state index contributed by atoms with van der Waals surface area (Å²) in [6.45, 7) is 1.94. The van der Waals surface area contributed by atoms with Crippen LogP contribution in [0.2, 0.25) is 0 Å². The number of carbonyl (C=O) groups excluding carboxylic acids is 1. The number of hydrogen-bond acceptors (Lipinski definition) is 3. The largest absolute Gasteiger partial charge is 0.368 e. The predicted octanol–water partition coefficient (Wildman–Crippen LogP) is -0.370. The third-order valence-electron chi connectivity index (χ3n) is 1.96. The Morgan fingerprint density at radius 3 is 3.17 bits per heavy atom. The molecule has 0 radical (unpaired) electrons. The highest BCUT2D eigenvalue weighted by atomic mass is 16.5. The van der Waals surface area contributed by atoms with Crippen molar-refractivity contribution in [2.24, 2.45) is 5.73 Å². The van der Waals surface area contributed by atoms with Crippen LogP contribution < -0.4 is 11.1 Å². The molecule has 1 rings (SSSR count). The molecule has 4 nitrogen and oxygen atoms in total. The lowest BCUT2D eigenvalue weighted by Gasteiger charge is -2.13. The maximum atomic E-state index is 10.4. The van der Waals surface area contributed by atoms with E-state index < -0.39 is 0 Å². The van der Waals surface area contributed by atoms with Crippen LogP contribution in [0, 0.1) is 0 Å². The maximum Gasteiger partial charge on any atom is 0.243 e. The second-order valence-corrected chi connectivity index (χ2v) is 3.10. The molecule has 70 valence electrons. The lowest BCUT2D eigenvalue weighted by Crippen LogP contribution is -2.30. The number of hydrogen-bond donors (Lipinski definition) is 2. The van der Waals surface area contributed by atoms with Gasteiger partial charge < -0.3 is 15.8 Å². The van der Waals surface area contributed by atoms with Crippen molar-refractivity contribution in [1.29, 1.82) is 0 Å². The second-order valence-electron chi connectivity index (χ2n) is 3.10. The summed E-state index contributed by atoms with van der Waals surface area (Å²) in [5.74, 6) is -0.390. The van der Waals surface area contributed by atoms with Crippen molar-refractivity contribution in [3.8, 4) is 0 Å². The van der Waals surface area contributed by atoms with Crippen molar-refractivity contribution in [2.75, 3.05) is 19.7 Å². The van der Waals surface area contributed by atoms with Gasteiger partial charge in [-0.2, -0.15) is 0 Å². The molecule has 0 aliphatic carbocycles. The van der Waals surface area contributed by atoms with E-state index >= 15 is 0 Å². The van der Waals surface area contributed by atoms with Crippen LogP contribution >= 0.6 is 0 Å². The van der Waals surface area contributed by atoms with Crippen LogP contribution in [0.5, 0.6) is 0 Å². The fourth-order valence-electron chi connectivity index (χ4n) is 1.33. The van der Waals surface area contributed by atoms with Crippen molar-refractivity contribution in [2.45, 2.75) is 25.4 Å². The quantitative estimate of drug-likeness (QED) is 0.610. The van der Waals surface area contributed by atoms with Gasteiger partial charge in [0.15, 0.2) is 0 Å². The van der Waals surface area contributed by atoms with E-state index in [0.717, 1.165) is 25.9 Å². The normalized spacial score (nSPS) is 24.8. The van der Waals surface area contributed by atoms with Crippen LogP contribution in [0.1, 0.15) is 19.3 Å². The van der Waals surface area contributed by atoms with E-state index in [1.807, 2.05) is 0 Å². The third kappa shape index (κ3) is 3.69. The topological polar surface area (TPSA) is 64.4 Å². The Morgan fingerprint density at radius 2 is 2.42 bits per heavy atom. The van der Waals surface area contributed by atoms with Crippen molar-refractivity contribution >= 4 is 5.91 Å². The Balaban J connectivity index is 2.16. The Hall–Kier alpha value is -0.610. The van der Waals surface area contributed by atoms with Gasteiger partial charge in [-0.05, 0) is 25.8 Å². The first kappa shape index (κ1) is 9.48. The Labute approximate surface area is 72.5 Å². The van der Waals surface area contributed by atoms with Crippen LogP contribution in [-0.4, -0.2) is 31.7 Å². The van der Waals surface area contributed by atoms with Gasteiger partial charge in [0, 0.05) is 6.54 Å². The highest BCUT2D eigenvalue weighted by molar-refractivity contribution is 5.75. The number of primary amides is 1. The lowest BCUT2D eigenvalue weighted by molar-refractivity contribution is -0.124. The molecule has 1 amide bonds. The summed E-state index contributed by atoms with van der Waals surface area (Å²) >= 11 is 0. The molecule has 1 atom stereocenters. The molecular formula is C8H16N2O2. The summed E-state index contributed by atoms with van der Waals surface area (Å²) < 4.78 is 5.29. The van der Waals surface area contributed by atoms with Crippen LogP contribution in [0.4, 0.5) is 0 Å². The molecule has 1 saturated heterocycles. The number of amides is 1. The van der Waals surface area contributed by atoms with Crippen LogP contribution in [0.15, 0.2) is 0 Å². The average Bonchev–Trinajstić information content (AvgIpc) is 2.28. The zero-order valence-electron chi connectivity index (χ0n) is 7.21. The lowest BCUT2D eigenvalue weighted by atomic mass is 10.2. The number of carbonyl (C=O) groups is 1. The molecule has 0 saturated carbocycles. The van der Waals surface area contributed by atoms with Gasteiger partial charge in [0.05, 0.1) is 6.10 Å². The van der Waals surface area contributed by atoms with Crippen molar-refractivity contribution in [3.05, 3.63) is 0 Å². The summed E-state index contributed by atoms with van der Waals surface area (Å²) in [4.78, 5) is 10.4. The molecule has 12 heavy (non-hydrogen) atoms. The van der Waals surface area contributed by atoms with E-state index in [9.17, 15) is 4.79 Å². The zero-order chi connectivity index (χ0) is 8.81. The minimum Gasteiger partial charge on any atom is -0.368 e. The predicted molar refractivity (Wildman–Crippen MR) is 45.7 cm³/mol. The molecule has 4 heteroatoms. The van der Waals surface area contributed by atoms with Gasteiger partial charge in [-0.3, -0.25) is 4.79 Å². The molecule has 0 spiro atoms. The average molecular weight is 172 g/mol. The molecule has 1 heterocycles. The van der Waals surface area contributed by atoms with Crippen molar-refractivity contribution in [1.82, 2.24) is 5.32 Å². The van der Waals surface area contributed by atoms with Crippen LogP contribution in [0.3, 0.4) is 0 Å². The first-order valence-electron chi connectivity index (χ1n) is 4.39. The molecule has 1 unspecified atom stereocenters. The Kier molecular flexibility index (Phi) is 4.04. The van der Waals surface area contributed by atoms with Crippen LogP contribution in [0.25, 0.3) is 0 Å². The molecule has 0 aromatic carbocycles. The summed E-state index contributed by atoms with van der Waals surface area (Å²) in [7, 11) is 0. The van der Waals surface area contributed by atoms with Gasteiger partial charge in [0.1, 0.15) is 6.61 Å². The number of nitrogens with two attached hydrogens (primary N) is 1. The first-order valence-corrected chi connectivity index (χ1v) is 4.39. The summed E-state index contributed by atoms with van der Waals surface area (Å²) in [6.07, 6.45) is 3.55. The van der Waals surface area contributed by atoms with Gasteiger partial charge in [-0.1, -0.05) is 0 Å². The molecule has 1 aliphatic heterocycles. The van der Waals surface area contributed by atoms with E-state index in [-0.39, 0.29) is 18.6 Å². The SMILES string of the molecule is NC(=O)COC1CCCCNC1. The van der Waals surface area contributed by atoms with E-state index in [1.165, 1.54) is 6.42 Å². The number of nitrogens with one attached hydrogen (secondary N) is 1. The Morgan fingerprint density at radius 1 is 1.58 bits per heavy atom. The van der Waals surface area contributed by atoms with Gasteiger partial charge in [0.2, 0.25) is 5.91 Å². The standard InChI is InChI=1S/C8H16N2O2/c9-8(11)6-12-7-3-1-2-4-10-5-7/h7,10H,1-6H2,(H2,9,11). The molecular weight excluding hydrogens is 156 g/mol. The molecule has 3 N–H and O–H groups in total. The highest BCUT2D eigenvalue weighted by Gasteiger charge is 2.12. The van der Waals surface area contributed by atoms with Gasteiger partial charge >= 0.3 is 0 Å². The van der Waals surface area contributed by atoms with Crippen LogP contribution in [-0.2, 0) is 9.53 Å². The summed E-state index contributed by atoms with van der Waals surface area (Å²) in [5.41, 5.74) is 4.96. The third-order valence-corrected chi connectivity index (χ3v) is 1.96. The van der Waals surface area contributed by atoms with E-state index in [2.05, 4.69) is 5.32 Å². The smallest absolute Gasteiger partial charge is 0.243 e. The molecule has 1 fully saturated rings. The van der Waals surface area contributed by atoms with Crippen molar-refractivity contribution in [3.63, 3.8) is 0 Å². The molecule has 0 bridgehead atoms. The van der Waals surface area contributed by atoms with E-state index in [0.29, 0.717) is 0 Å². The first-order chi connectivity index (χ1) is 5.79. The van der Waals surface area contributed by atoms with Gasteiger partial charge in [-0.15, -0.1) is 0 Å². The molecule has 0 aromatic rings. The summed E-state index contributed by atoms with van der Waals surface area (Å²) in [5, 5.41) is 3.24. The highest BCUT2D eigenvalue weighted by Crippen LogP contribution is 2.07. The Bertz CT molecular complexity index is 142. The molecule has 1 aliphatic rings.